The first-order valence-corrected chi connectivity index (χ1v) is 14.2. The second kappa shape index (κ2) is 10.8. The highest BCUT2D eigenvalue weighted by molar-refractivity contribution is 5.80. The van der Waals surface area contributed by atoms with E-state index in [9.17, 15) is 4.79 Å². The normalized spacial score (nSPS) is 17.7. The highest BCUT2D eigenvalue weighted by Gasteiger charge is 2.35. The first-order valence-electron chi connectivity index (χ1n) is 14.2. The monoisotopic (exact) mass is 527 g/mol. The zero-order chi connectivity index (χ0) is 26.9. The standard InChI is InChI=1S/C30H37N7O2/c1-4-39-24-12-13-26-22(18-24)19-25(30(38)31-26)28(29-32-33-34-37(29)23-9-5-6-10-23)36-16-14-35(15-17-36)27-11-7-8-20(2)21(27)3/h7-8,11-13,18-19,23,28H,4-6,9-10,14-17H2,1-3H3,(H,31,38). The Hall–Kier alpha value is -3.72. The van der Waals surface area contributed by atoms with Crippen LogP contribution >= 0.6 is 0 Å². The molecule has 2 aromatic heterocycles. The summed E-state index contributed by atoms with van der Waals surface area (Å²) in [6.45, 7) is 10.2. The highest BCUT2D eigenvalue weighted by atomic mass is 16.5. The van der Waals surface area contributed by atoms with Crippen LogP contribution in [0.25, 0.3) is 10.9 Å². The van der Waals surface area contributed by atoms with Crippen LogP contribution in [0.15, 0.2) is 47.3 Å². The lowest BCUT2D eigenvalue weighted by Gasteiger charge is -2.40. The molecule has 204 valence electrons. The maximum absolute atomic E-state index is 13.6. The molecule has 1 atom stereocenters. The molecule has 9 nitrogen and oxygen atoms in total. The van der Waals surface area contributed by atoms with Crippen LogP contribution in [0.1, 0.15) is 67.2 Å². The van der Waals surface area contributed by atoms with Crippen LogP contribution in [0.3, 0.4) is 0 Å². The maximum atomic E-state index is 13.6. The number of tetrazole rings is 1. The lowest BCUT2D eigenvalue weighted by Crippen LogP contribution is -2.49. The van der Waals surface area contributed by atoms with Gasteiger partial charge in [0.25, 0.3) is 5.56 Å². The summed E-state index contributed by atoms with van der Waals surface area (Å²) >= 11 is 0. The van der Waals surface area contributed by atoms with Gasteiger partial charge in [0.2, 0.25) is 0 Å². The zero-order valence-electron chi connectivity index (χ0n) is 23.1. The quantitative estimate of drug-likeness (QED) is 0.377. The number of aromatic amines is 1. The number of rotatable bonds is 7. The van der Waals surface area contributed by atoms with E-state index >= 15 is 0 Å². The molecule has 1 saturated heterocycles. The van der Waals surface area contributed by atoms with Crippen molar-refractivity contribution in [1.29, 1.82) is 0 Å². The number of ether oxygens (including phenoxy) is 1. The number of piperazine rings is 1. The van der Waals surface area contributed by atoms with Crippen LogP contribution in [0, 0.1) is 13.8 Å². The minimum absolute atomic E-state index is 0.102. The Bertz CT molecular complexity index is 1510. The molecule has 0 radical (unpaired) electrons. The van der Waals surface area contributed by atoms with Gasteiger partial charge in [-0.15, -0.1) is 5.10 Å². The smallest absolute Gasteiger partial charge is 0.253 e. The SMILES string of the molecule is CCOc1ccc2[nH]c(=O)c(C(c3nnnn3C3CCCC3)N3CCN(c4cccc(C)c4C)CC3)cc2c1. The van der Waals surface area contributed by atoms with Crippen molar-refractivity contribution >= 4 is 16.6 Å². The van der Waals surface area contributed by atoms with Crippen molar-refractivity contribution in [3.63, 3.8) is 0 Å². The number of nitrogens with one attached hydrogen (secondary N) is 1. The van der Waals surface area contributed by atoms with E-state index < -0.39 is 0 Å². The van der Waals surface area contributed by atoms with Crippen molar-refractivity contribution < 1.29 is 4.74 Å². The third-order valence-electron chi connectivity index (χ3n) is 8.48. The Morgan fingerprint density at radius 3 is 2.62 bits per heavy atom. The molecule has 4 aromatic rings. The van der Waals surface area contributed by atoms with Crippen LogP contribution in [0.5, 0.6) is 5.75 Å². The Kier molecular flexibility index (Phi) is 7.08. The van der Waals surface area contributed by atoms with Crippen LogP contribution < -0.4 is 15.2 Å². The van der Waals surface area contributed by atoms with E-state index in [0.29, 0.717) is 12.2 Å². The van der Waals surface area contributed by atoms with Crippen LogP contribution in [0.2, 0.25) is 0 Å². The molecule has 1 unspecified atom stereocenters. The summed E-state index contributed by atoms with van der Waals surface area (Å²) in [5, 5.41) is 14.0. The van der Waals surface area contributed by atoms with E-state index in [0.717, 1.165) is 61.5 Å². The minimum Gasteiger partial charge on any atom is -0.494 e. The van der Waals surface area contributed by atoms with Gasteiger partial charge in [-0.05, 0) is 85.5 Å². The van der Waals surface area contributed by atoms with Gasteiger partial charge in [0.15, 0.2) is 5.82 Å². The molecule has 1 saturated carbocycles. The predicted octanol–water partition coefficient (Wildman–Crippen LogP) is 4.56. The summed E-state index contributed by atoms with van der Waals surface area (Å²) < 4.78 is 7.74. The molecule has 1 aliphatic carbocycles. The Labute approximate surface area is 228 Å². The maximum Gasteiger partial charge on any atom is 0.253 e. The van der Waals surface area contributed by atoms with Gasteiger partial charge in [-0.25, -0.2) is 4.68 Å². The lowest BCUT2D eigenvalue weighted by molar-refractivity contribution is 0.196. The summed E-state index contributed by atoms with van der Waals surface area (Å²) in [5.74, 6) is 1.55. The van der Waals surface area contributed by atoms with Gasteiger partial charge in [0.05, 0.1) is 12.6 Å². The number of hydrogen-bond donors (Lipinski definition) is 1. The first kappa shape index (κ1) is 25.6. The molecule has 1 N–H and O–H groups in total. The molecule has 0 spiro atoms. The Balaban J connectivity index is 1.39. The summed E-state index contributed by atoms with van der Waals surface area (Å²) in [5.41, 5.74) is 5.27. The van der Waals surface area contributed by atoms with Gasteiger partial charge >= 0.3 is 0 Å². The number of pyridine rings is 1. The fourth-order valence-electron chi connectivity index (χ4n) is 6.25. The molecule has 2 fully saturated rings. The van der Waals surface area contributed by atoms with Gasteiger partial charge in [0.1, 0.15) is 11.8 Å². The van der Waals surface area contributed by atoms with Crippen molar-refractivity contribution in [2.24, 2.45) is 0 Å². The van der Waals surface area contributed by atoms with Gasteiger partial charge in [0, 0.05) is 48.3 Å². The minimum atomic E-state index is -0.342. The third-order valence-corrected chi connectivity index (χ3v) is 8.48. The fraction of sp³-hybridized carbons (Fsp3) is 0.467. The van der Waals surface area contributed by atoms with Gasteiger partial charge < -0.3 is 14.6 Å². The first-order chi connectivity index (χ1) is 19.0. The van der Waals surface area contributed by atoms with Crippen LogP contribution in [-0.2, 0) is 0 Å². The summed E-state index contributed by atoms with van der Waals surface area (Å²) in [6.07, 6.45) is 4.49. The predicted molar refractivity (Wildman–Crippen MR) is 153 cm³/mol. The van der Waals surface area contributed by atoms with E-state index in [4.69, 9.17) is 4.74 Å². The molecule has 9 heteroatoms. The Morgan fingerprint density at radius 1 is 1.05 bits per heavy atom. The third kappa shape index (κ3) is 4.91. The number of aromatic nitrogens is 5. The average molecular weight is 528 g/mol. The molecule has 1 aliphatic heterocycles. The van der Waals surface area contributed by atoms with E-state index in [2.05, 4.69) is 62.4 Å². The van der Waals surface area contributed by atoms with E-state index in [1.54, 1.807) is 0 Å². The molecule has 0 amide bonds. The largest absolute Gasteiger partial charge is 0.494 e. The summed E-state index contributed by atoms with van der Waals surface area (Å²) in [6, 6.07) is 14.2. The summed E-state index contributed by atoms with van der Waals surface area (Å²) in [7, 11) is 0. The van der Waals surface area contributed by atoms with Crippen molar-refractivity contribution in [3.8, 4) is 5.75 Å². The average Bonchev–Trinajstić information content (AvgIpc) is 3.64. The number of hydrogen-bond acceptors (Lipinski definition) is 7. The van der Waals surface area contributed by atoms with E-state index in [1.807, 2.05) is 35.9 Å². The van der Waals surface area contributed by atoms with Gasteiger partial charge in [-0.3, -0.25) is 9.69 Å². The molecule has 39 heavy (non-hydrogen) atoms. The van der Waals surface area contributed by atoms with Crippen LogP contribution in [-0.4, -0.2) is 62.9 Å². The topological polar surface area (TPSA) is 92.2 Å². The van der Waals surface area contributed by atoms with E-state index in [-0.39, 0.29) is 17.6 Å². The summed E-state index contributed by atoms with van der Waals surface area (Å²) in [4.78, 5) is 21.6. The second-order valence-electron chi connectivity index (χ2n) is 10.8. The van der Waals surface area contributed by atoms with E-state index in [1.165, 1.54) is 29.7 Å². The molecular weight excluding hydrogens is 490 g/mol. The number of aryl methyl sites for hydroxylation is 1. The molecular formula is C30H37N7O2. The number of nitrogens with zero attached hydrogens (tertiary/aromatic N) is 6. The molecule has 2 aliphatic rings. The van der Waals surface area contributed by atoms with Crippen molar-refractivity contribution in [3.05, 3.63) is 75.3 Å². The fourth-order valence-corrected chi connectivity index (χ4v) is 6.25. The van der Waals surface area contributed by atoms with Gasteiger partial charge in [-0.1, -0.05) is 25.0 Å². The second-order valence-corrected chi connectivity index (χ2v) is 10.8. The number of benzene rings is 2. The molecule has 0 bridgehead atoms. The zero-order valence-corrected chi connectivity index (χ0v) is 23.1. The van der Waals surface area contributed by atoms with Crippen molar-refractivity contribution in [1.82, 2.24) is 30.1 Å². The number of H-pyrrole nitrogens is 1. The number of fused-ring (bicyclic) bond motifs is 1. The molecule has 2 aromatic carbocycles. The van der Waals surface area contributed by atoms with Crippen LogP contribution in [0.4, 0.5) is 5.69 Å². The molecule has 3 heterocycles. The van der Waals surface area contributed by atoms with Crippen molar-refractivity contribution in [2.45, 2.75) is 58.5 Å². The highest BCUT2D eigenvalue weighted by Crippen LogP contribution is 2.35. The van der Waals surface area contributed by atoms with Gasteiger partial charge in [-0.2, -0.15) is 0 Å². The lowest BCUT2D eigenvalue weighted by atomic mass is 10.0. The molecule has 6 rings (SSSR count). The Morgan fingerprint density at radius 2 is 1.85 bits per heavy atom. The van der Waals surface area contributed by atoms with Crippen molar-refractivity contribution in [2.75, 3.05) is 37.7 Å². The number of anilines is 1.